The van der Waals surface area contributed by atoms with E-state index in [1.165, 1.54) is 5.56 Å². The number of piperidine rings is 1. The molecule has 1 aliphatic rings. The van der Waals surface area contributed by atoms with E-state index < -0.39 is 0 Å². The Bertz CT molecular complexity index is 930. The largest absolute Gasteiger partial charge is 0.496 e. The molecule has 1 N–H and O–H groups in total. The van der Waals surface area contributed by atoms with E-state index in [9.17, 15) is 9.59 Å². The number of hydrogen-bond donors (Lipinski definition) is 1. The standard InChI is InChI=1S/C25H32N2O3/c1-17-11-12-21(22(14-17)30-5)24(29)27-13-7-8-18(16-27)23(28)26-20-10-6-9-19(15-20)25(2,3)4/h6,9-12,14-15,18H,7-8,13,16H2,1-5H3,(H,26,28)/t18-/m0/s1. The molecule has 3 rings (SSSR count). The lowest BCUT2D eigenvalue weighted by molar-refractivity contribution is -0.121. The highest BCUT2D eigenvalue weighted by Crippen LogP contribution is 2.27. The molecule has 1 fully saturated rings. The number of nitrogens with zero attached hydrogens (tertiary/aromatic N) is 1. The molecule has 160 valence electrons. The number of benzene rings is 2. The molecule has 2 amide bonds. The number of carbonyl (C=O) groups excluding carboxylic acids is 2. The molecule has 0 aliphatic carbocycles. The van der Waals surface area contributed by atoms with E-state index in [2.05, 4.69) is 32.2 Å². The second-order valence-corrected chi connectivity index (χ2v) is 9.11. The summed E-state index contributed by atoms with van der Waals surface area (Å²) in [6.07, 6.45) is 1.58. The molecule has 0 radical (unpaired) electrons. The van der Waals surface area contributed by atoms with Gasteiger partial charge in [-0.15, -0.1) is 0 Å². The molecular formula is C25H32N2O3. The number of likely N-dealkylation sites (tertiary alicyclic amines) is 1. The second kappa shape index (κ2) is 8.90. The number of nitrogens with one attached hydrogen (secondary N) is 1. The van der Waals surface area contributed by atoms with E-state index in [4.69, 9.17) is 4.74 Å². The Hall–Kier alpha value is -2.82. The maximum Gasteiger partial charge on any atom is 0.257 e. The summed E-state index contributed by atoms with van der Waals surface area (Å²) in [5, 5.41) is 3.05. The number of amides is 2. The van der Waals surface area contributed by atoms with Crippen LogP contribution < -0.4 is 10.1 Å². The molecule has 0 unspecified atom stereocenters. The normalized spacial score (nSPS) is 16.8. The van der Waals surface area contributed by atoms with Crippen molar-refractivity contribution in [3.8, 4) is 5.75 Å². The zero-order valence-electron chi connectivity index (χ0n) is 18.6. The van der Waals surface area contributed by atoms with Gasteiger partial charge in [-0.2, -0.15) is 0 Å². The van der Waals surface area contributed by atoms with Gasteiger partial charge in [0.25, 0.3) is 5.91 Å². The lowest BCUT2D eigenvalue weighted by Crippen LogP contribution is -2.43. The summed E-state index contributed by atoms with van der Waals surface area (Å²) >= 11 is 0. The first-order chi connectivity index (χ1) is 14.2. The maximum atomic E-state index is 13.1. The molecule has 5 nitrogen and oxygen atoms in total. The number of hydrogen-bond acceptors (Lipinski definition) is 3. The first-order valence-corrected chi connectivity index (χ1v) is 10.5. The Morgan fingerprint density at radius 1 is 1.13 bits per heavy atom. The van der Waals surface area contributed by atoms with Gasteiger partial charge in [0, 0.05) is 18.8 Å². The van der Waals surface area contributed by atoms with Crippen LogP contribution in [0, 0.1) is 12.8 Å². The molecule has 0 bridgehead atoms. The van der Waals surface area contributed by atoms with E-state index in [1.807, 2.05) is 37.3 Å². The average Bonchev–Trinajstić information content (AvgIpc) is 2.72. The molecule has 2 aromatic carbocycles. The highest BCUT2D eigenvalue weighted by atomic mass is 16.5. The second-order valence-electron chi connectivity index (χ2n) is 9.11. The van der Waals surface area contributed by atoms with Crippen LogP contribution in [0.4, 0.5) is 5.69 Å². The number of carbonyl (C=O) groups is 2. The van der Waals surface area contributed by atoms with Gasteiger partial charge in [0.15, 0.2) is 0 Å². The number of methoxy groups -OCH3 is 1. The number of rotatable bonds is 4. The monoisotopic (exact) mass is 408 g/mol. The van der Waals surface area contributed by atoms with Crippen LogP contribution in [-0.2, 0) is 10.2 Å². The molecule has 1 aliphatic heterocycles. The minimum Gasteiger partial charge on any atom is -0.496 e. The fourth-order valence-corrected chi connectivity index (χ4v) is 3.83. The van der Waals surface area contributed by atoms with Crippen molar-refractivity contribution in [1.82, 2.24) is 4.90 Å². The third kappa shape index (κ3) is 5.02. The molecule has 30 heavy (non-hydrogen) atoms. The number of aryl methyl sites for hydroxylation is 1. The molecule has 0 spiro atoms. The van der Waals surface area contributed by atoms with Crippen molar-refractivity contribution < 1.29 is 14.3 Å². The third-order valence-corrected chi connectivity index (χ3v) is 5.66. The molecule has 1 atom stereocenters. The summed E-state index contributed by atoms with van der Waals surface area (Å²) in [7, 11) is 1.57. The van der Waals surface area contributed by atoms with Crippen molar-refractivity contribution in [1.29, 1.82) is 0 Å². The van der Waals surface area contributed by atoms with E-state index in [1.54, 1.807) is 18.1 Å². The zero-order valence-corrected chi connectivity index (χ0v) is 18.6. The molecule has 5 heteroatoms. The van der Waals surface area contributed by atoms with Crippen molar-refractivity contribution in [2.45, 2.75) is 46.0 Å². The van der Waals surface area contributed by atoms with E-state index >= 15 is 0 Å². The van der Waals surface area contributed by atoms with Gasteiger partial charge in [-0.3, -0.25) is 9.59 Å². The lowest BCUT2D eigenvalue weighted by atomic mass is 9.87. The summed E-state index contributed by atoms with van der Waals surface area (Å²) in [5.41, 5.74) is 3.57. The van der Waals surface area contributed by atoms with Crippen molar-refractivity contribution >= 4 is 17.5 Å². The Morgan fingerprint density at radius 2 is 1.90 bits per heavy atom. The zero-order chi connectivity index (χ0) is 21.9. The van der Waals surface area contributed by atoms with Gasteiger partial charge in [0.05, 0.1) is 18.6 Å². The summed E-state index contributed by atoms with van der Waals surface area (Å²) in [6, 6.07) is 13.6. The first-order valence-electron chi connectivity index (χ1n) is 10.5. The first kappa shape index (κ1) is 21.9. The third-order valence-electron chi connectivity index (χ3n) is 5.66. The smallest absolute Gasteiger partial charge is 0.257 e. The molecule has 1 saturated heterocycles. The van der Waals surface area contributed by atoms with Crippen molar-refractivity contribution in [2.75, 3.05) is 25.5 Å². The van der Waals surface area contributed by atoms with Crippen LogP contribution in [0.5, 0.6) is 5.75 Å². The minimum absolute atomic E-state index is 0.0158. The molecule has 2 aromatic rings. The molecular weight excluding hydrogens is 376 g/mol. The van der Waals surface area contributed by atoms with Crippen LogP contribution in [0.2, 0.25) is 0 Å². The Balaban J connectivity index is 1.70. The lowest BCUT2D eigenvalue weighted by Gasteiger charge is -2.32. The van der Waals surface area contributed by atoms with Gasteiger partial charge >= 0.3 is 0 Å². The summed E-state index contributed by atoms with van der Waals surface area (Å²) in [6.45, 7) is 9.49. The summed E-state index contributed by atoms with van der Waals surface area (Å²) in [5.74, 6) is 0.233. The Labute approximate surface area is 179 Å². The molecule has 1 heterocycles. The van der Waals surface area contributed by atoms with Gasteiger partial charge in [0.2, 0.25) is 5.91 Å². The van der Waals surface area contributed by atoms with Gasteiger partial charge < -0.3 is 15.0 Å². The predicted molar refractivity (Wildman–Crippen MR) is 120 cm³/mol. The van der Waals surface area contributed by atoms with E-state index in [0.29, 0.717) is 24.4 Å². The summed E-state index contributed by atoms with van der Waals surface area (Å²) < 4.78 is 5.40. The fraction of sp³-hybridized carbons (Fsp3) is 0.440. The quantitative estimate of drug-likeness (QED) is 0.791. The Morgan fingerprint density at radius 3 is 2.60 bits per heavy atom. The van der Waals surface area contributed by atoms with Gasteiger partial charge in [-0.1, -0.05) is 39.0 Å². The van der Waals surface area contributed by atoms with E-state index in [0.717, 1.165) is 24.1 Å². The van der Waals surface area contributed by atoms with Crippen LogP contribution in [-0.4, -0.2) is 36.9 Å². The highest BCUT2D eigenvalue weighted by molar-refractivity contribution is 5.98. The van der Waals surface area contributed by atoms with E-state index in [-0.39, 0.29) is 23.1 Å². The highest BCUT2D eigenvalue weighted by Gasteiger charge is 2.30. The minimum atomic E-state index is -0.225. The maximum absolute atomic E-state index is 13.1. The number of ether oxygens (including phenoxy) is 1. The van der Waals surface area contributed by atoms with Crippen LogP contribution in [0.25, 0.3) is 0 Å². The number of anilines is 1. The van der Waals surface area contributed by atoms with Gasteiger partial charge in [-0.05, 0) is 60.6 Å². The fourth-order valence-electron chi connectivity index (χ4n) is 3.83. The van der Waals surface area contributed by atoms with Gasteiger partial charge in [-0.25, -0.2) is 0 Å². The van der Waals surface area contributed by atoms with Crippen molar-refractivity contribution in [3.63, 3.8) is 0 Å². The average molecular weight is 409 g/mol. The SMILES string of the molecule is COc1cc(C)ccc1C(=O)N1CCC[C@H](C(=O)Nc2cccc(C(C)(C)C)c2)C1. The van der Waals surface area contributed by atoms with Gasteiger partial charge in [0.1, 0.15) is 5.75 Å². The topological polar surface area (TPSA) is 58.6 Å². The van der Waals surface area contributed by atoms with Crippen molar-refractivity contribution in [3.05, 3.63) is 59.2 Å². The van der Waals surface area contributed by atoms with Crippen LogP contribution in [0.3, 0.4) is 0 Å². The predicted octanol–water partition coefficient (Wildman–Crippen LogP) is 4.79. The van der Waals surface area contributed by atoms with Crippen LogP contribution in [0.15, 0.2) is 42.5 Å². The summed E-state index contributed by atoms with van der Waals surface area (Å²) in [4.78, 5) is 27.8. The van der Waals surface area contributed by atoms with Crippen LogP contribution >= 0.6 is 0 Å². The molecule has 0 saturated carbocycles. The Kier molecular flexibility index (Phi) is 6.49. The van der Waals surface area contributed by atoms with Crippen LogP contribution in [0.1, 0.15) is 55.1 Å². The molecule has 0 aromatic heterocycles. The van der Waals surface area contributed by atoms with Crippen molar-refractivity contribution in [2.24, 2.45) is 5.92 Å².